The maximum absolute atomic E-state index is 14.1. The van der Waals surface area contributed by atoms with Crippen molar-refractivity contribution in [3.63, 3.8) is 0 Å². The number of hydrogen-bond donors (Lipinski definition) is 1. The summed E-state index contributed by atoms with van der Waals surface area (Å²) in [6.45, 7) is 0. The highest BCUT2D eigenvalue weighted by molar-refractivity contribution is 6.32. The molecule has 0 atom stereocenters. The fourth-order valence-electron chi connectivity index (χ4n) is 1.66. The lowest BCUT2D eigenvalue weighted by Crippen LogP contribution is -1.97. The van der Waals surface area contributed by atoms with Crippen LogP contribution in [0.4, 0.5) is 4.39 Å². The first-order valence-corrected chi connectivity index (χ1v) is 5.67. The maximum Gasteiger partial charge on any atom is 0.374 e. The zero-order valence-electron chi connectivity index (χ0n) is 10.4. The normalized spacial score (nSPS) is 10.4. The molecule has 2 rings (SSSR count). The van der Waals surface area contributed by atoms with Crippen LogP contribution in [0.25, 0.3) is 11.3 Å². The summed E-state index contributed by atoms with van der Waals surface area (Å²) in [6.07, 6.45) is 0. The lowest BCUT2D eigenvalue weighted by Gasteiger charge is -2.12. The molecule has 8 heteroatoms. The number of aromatic carboxylic acids is 1. The minimum Gasteiger partial charge on any atom is -0.493 e. The van der Waals surface area contributed by atoms with Crippen LogP contribution in [-0.2, 0) is 0 Å². The van der Waals surface area contributed by atoms with Crippen LogP contribution in [0.3, 0.4) is 0 Å². The first kappa shape index (κ1) is 14.1. The third-order valence-corrected chi connectivity index (χ3v) is 2.82. The van der Waals surface area contributed by atoms with Crippen LogP contribution in [0, 0.1) is 5.82 Å². The molecule has 0 aliphatic rings. The molecule has 0 radical (unpaired) electrons. The summed E-state index contributed by atoms with van der Waals surface area (Å²) in [4.78, 5) is 10.7. The van der Waals surface area contributed by atoms with Gasteiger partial charge in [-0.2, -0.15) is 4.39 Å². The van der Waals surface area contributed by atoms with Crippen LogP contribution in [0.15, 0.2) is 16.7 Å². The lowest BCUT2D eigenvalue weighted by atomic mass is 10.1. The van der Waals surface area contributed by atoms with E-state index in [1.807, 2.05) is 0 Å². The molecule has 0 saturated heterocycles. The van der Waals surface area contributed by atoms with Crippen LogP contribution in [0.5, 0.6) is 11.5 Å². The minimum atomic E-state index is -1.29. The SMILES string of the molecule is COc1c(Cl)cc(-c2cc(C(=O)O)on2)c(OC)c1F. The van der Waals surface area contributed by atoms with Crippen molar-refractivity contribution in [1.29, 1.82) is 0 Å². The van der Waals surface area contributed by atoms with E-state index in [1.54, 1.807) is 0 Å². The number of halogens is 2. The summed E-state index contributed by atoms with van der Waals surface area (Å²) >= 11 is 5.89. The molecule has 0 aliphatic carbocycles. The van der Waals surface area contributed by atoms with E-state index in [2.05, 4.69) is 9.68 Å². The van der Waals surface area contributed by atoms with Crippen molar-refractivity contribution in [3.8, 4) is 22.8 Å². The van der Waals surface area contributed by atoms with Gasteiger partial charge in [0.2, 0.25) is 11.6 Å². The average molecular weight is 302 g/mol. The third kappa shape index (κ3) is 2.27. The van der Waals surface area contributed by atoms with E-state index in [9.17, 15) is 9.18 Å². The van der Waals surface area contributed by atoms with Crippen LogP contribution in [0.2, 0.25) is 5.02 Å². The molecule has 1 N–H and O–H groups in total. The Morgan fingerprint density at radius 2 is 2.00 bits per heavy atom. The van der Waals surface area contributed by atoms with E-state index in [0.717, 1.165) is 6.07 Å². The van der Waals surface area contributed by atoms with Crippen LogP contribution in [0.1, 0.15) is 10.6 Å². The van der Waals surface area contributed by atoms with Crippen LogP contribution < -0.4 is 9.47 Å². The standard InChI is InChI=1S/C12H9ClFNO5/c1-18-10-5(3-6(13)11(19-2)9(10)14)7-4-8(12(16)17)20-15-7/h3-4H,1-2H3,(H,16,17). The van der Waals surface area contributed by atoms with Crippen molar-refractivity contribution < 1.29 is 28.3 Å². The Balaban J connectivity index is 2.63. The molecular weight excluding hydrogens is 293 g/mol. The Morgan fingerprint density at radius 3 is 2.50 bits per heavy atom. The smallest absolute Gasteiger partial charge is 0.374 e. The highest BCUT2D eigenvalue weighted by Crippen LogP contribution is 2.41. The van der Waals surface area contributed by atoms with Gasteiger partial charge in [-0.1, -0.05) is 16.8 Å². The zero-order valence-corrected chi connectivity index (χ0v) is 11.2. The van der Waals surface area contributed by atoms with E-state index >= 15 is 0 Å². The van der Waals surface area contributed by atoms with Gasteiger partial charge >= 0.3 is 5.97 Å². The number of carboxylic acids is 1. The van der Waals surface area contributed by atoms with E-state index in [-0.39, 0.29) is 33.5 Å². The Morgan fingerprint density at radius 1 is 1.35 bits per heavy atom. The largest absolute Gasteiger partial charge is 0.493 e. The van der Waals surface area contributed by atoms with Crippen molar-refractivity contribution in [3.05, 3.63) is 28.7 Å². The van der Waals surface area contributed by atoms with Gasteiger partial charge in [0.1, 0.15) is 5.69 Å². The molecule has 1 aromatic carbocycles. The van der Waals surface area contributed by atoms with E-state index in [1.165, 1.54) is 20.3 Å². The highest BCUT2D eigenvalue weighted by atomic mass is 35.5. The van der Waals surface area contributed by atoms with Crippen molar-refractivity contribution in [2.45, 2.75) is 0 Å². The second-order valence-electron chi connectivity index (χ2n) is 3.67. The molecule has 0 amide bonds. The van der Waals surface area contributed by atoms with Gasteiger partial charge in [0.05, 0.1) is 24.8 Å². The average Bonchev–Trinajstić information content (AvgIpc) is 2.88. The third-order valence-electron chi connectivity index (χ3n) is 2.54. The Kier molecular flexibility index (Phi) is 3.80. The Hall–Kier alpha value is -2.28. The Bertz CT molecular complexity index is 670. The van der Waals surface area contributed by atoms with E-state index in [0.29, 0.717) is 0 Å². The number of aromatic nitrogens is 1. The van der Waals surface area contributed by atoms with E-state index in [4.69, 9.17) is 26.2 Å². The molecule has 1 heterocycles. The fourth-order valence-corrected chi connectivity index (χ4v) is 1.93. The summed E-state index contributed by atoms with van der Waals surface area (Å²) in [5.74, 6) is -2.82. The van der Waals surface area contributed by atoms with Crippen molar-refractivity contribution in [2.24, 2.45) is 0 Å². The number of ether oxygens (including phenoxy) is 2. The molecule has 0 unspecified atom stereocenters. The number of hydrogen-bond acceptors (Lipinski definition) is 5. The van der Waals surface area contributed by atoms with Crippen molar-refractivity contribution in [1.82, 2.24) is 5.16 Å². The molecule has 0 spiro atoms. The number of benzene rings is 1. The fraction of sp³-hybridized carbons (Fsp3) is 0.167. The quantitative estimate of drug-likeness (QED) is 0.935. The molecule has 2 aromatic rings. The van der Waals surface area contributed by atoms with Gasteiger partial charge < -0.3 is 19.1 Å². The monoisotopic (exact) mass is 301 g/mol. The molecule has 0 saturated carbocycles. The molecular formula is C12H9ClFNO5. The summed E-state index contributed by atoms with van der Waals surface area (Å²) < 4.78 is 28.5. The number of methoxy groups -OCH3 is 2. The second-order valence-corrected chi connectivity index (χ2v) is 4.08. The molecule has 106 valence electrons. The van der Waals surface area contributed by atoms with Crippen molar-refractivity contribution in [2.75, 3.05) is 14.2 Å². The topological polar surface area (TPSA) is 81.8 Å². The maximum atomic E-state index is 14.1. The summed E-state index contributed by atoms with van der Waals surface area (Å²) in [7, 11) is 2.52. The number of nitrogens with zero attached hydrogens (tertiary/aromatic N) is 1. The van der Waals surface area contributed by atoms with Gasteiger partial charge in [-0.15, -0.1) is 0 Å². The van der Waals surface area contributed by atoms with Gasteiger partial charge in [0.25, 0.3) is 0 Å². The van der Waals surface area contributed by atoms with Gasteiger partial charge in [-0.05, 0) is 6.07 Å². The first-order valence-electron chi connectivity index (χ1n) is 5.30. The Labute approximate surface area is 117 Å². The van der Waals surface area contributed by atoms with Gasteiger partial charge in [0.15, 0.2) is 11.5 Å². The lowest BCUT2D eigenvalue weighted by molar-refractivity contribution is 0.0652. The summed E-state index contributed by atoms with van der Waals surface area (Å²) in [5.41, 5.74) is 0.245. The van der Waals surface area contributed by atoms with Gasteiger partial charge in [-0.25, -0.2) is 4.79 Å². The predicted molar refractivity (Wildman–Crippen MR) is 67.0 cm³/mol. The van der Waals surface area contributed by atoms with Crippen molar-refractivity contribution >= 4 is 17.6 Å². The van der Waals surface area contributed by atoms with Crippen LogP contribution >= 0.6 is 11.6 Å². The number of rotatable bonds is 4. The molecule has 0 aliphatic heterocycles. The second kappa shape index (κ2) is 5.38. The molecule has 0 fully saturated rings. The first-order chi connectivity index (χ1) is 9.49. The zero-order chi connectivity index (χ0) is 14.9. The molecule has 6 nitrogen and oxygen atoms in total. The molecule has 0 bridgehead atoms. The molecule has 1 aromatic heterocycles. The number of carbonyl (C=O) groups is 1. The summed E-state index contributed by atoms with van der Waals surface area (Å²) in [5, 5.41) is 12.3. The molecule has 20 heavy (non-hydrogen) atoms. The minimum absolute atomic E-state index is 0.000625. The summed E-state index contributed by atoms with van der Waals surface area (Å²) in [6, 6.07) is 2.49. The highest BCUT2D eigenvalue weighted by Gasteiger charge is 2.23. The van der Waals surface area contributed by atoms with Crippen LogP contribution in [-0.4, -0.2) is 30.5 Å². The van der Waals surface area contributed by atoms with Gasteiger partial charge in [-0.3, -0.25) is 0 Å². The van der Waals surface area contributed by atoms with E-state index < -0.39 is 11.8 Å². The number of carboxylic acid groups (broad SMARTS) is 1. The van der Waals surface area contributed by atoms with Gasteiger partial charge in [0, 0.05) is 6.07 Å². The predicted octanol–water partition coefficient (Wildman–Crippen LogP) is 2.85.